The number of anilines is 1. The maximum absolute atomic E-state index is 12.9. The van der Waals surface area contributed by atoms with Crippen LogP contribution in [0.15, 0.2) is 70.9 Å². The van der Waals surface area contributed by atoms with Crippen molar-refractivity contribution >= 4 is 40.6 Å². The van der Waals surface area contributed by atoms with Crippen molar-refractivity contribution in [2.24, 2.45) is 0 Å². The second-order valence-corrected chi connectivity index (χ2v) is 8.95. The Balaban J connectivity index is 1.47. The number of benzene rings is 2. The highest BCUT2D eigenvalue weighted by Gasteiger charge is 2.20. The van der Waals surface area contributed by atoms with Crippen LogP contribution in [-0.2, 0) is 5.75 Å². The Labute approximate surface area is 178 Å². The van der Waals surface area contributed by atoms with Gasteiger partial charge in [0.15, 0.2) is 0 Å². The van der Waals surface area contributed by atoms with Gasteiger partial charge in [0.2, 0.25) is 0 Å². The van der Waals surface area contributed by atoms with Gasteiger partial charge in [-0.15, -0.1) is 23.1 Å². The molecule has 0 spiro atoms. The molecule has 1 fully saturated rings. The number of nitrogens with zero attached hydrogens (tertiary/aromatic N) is 1. The molecular formula is C23H22N2O2S2. The molecule has 4 rings (SSSR count). The minimum Gasteiger partial charge on any atom is -0.339 e. The molecule has 29 heavy (non-hydrogen) atoms. The summed E-state index contributed by atoms with van der Waals surface area (Å²) in [4.78, 5) is 29.6. The number of amides is 2. The SMILES string of the molecule is O=C(Nc1cccc(C(=O)N2CCCC2)c1)c1ccccc1SCc1cccs1. The van der Waals surface area contributed by atoms with E-state index in [4.69, 9.17) is 0 Å². The van der Waals surface area contributed by atoms with Gasteiger partial charge < -0.3 is 10.2 Å². The standard InChI is InChI=1S/C23H22N2O2S2/c26-22(20-10-1-2-11-21(20)29-16-19-9-6-14-28-19)24-18-8-5-7-17(15-18)23(27)25-12-3-4-13-25/h1-2,5-11,14-15H,3-4,12-13,16H2,(H,24,26). The van der Waals surface area contributed by atoms with Gasteiger partial charge in [-0.25, -0.2) is 0 Å². The average molecular weight is 423 g/mol. The fourth-order valence-corrected chi connectivity index (χ4v) is 5.18. The number of likely N-dealkylation sites (tertiary alicyclic amines) is 1. The molecular weight excluding hydrogens is 400 g/mol. The molecule has 0 aliphatic carbocycles. The minimum absolute atomic E-state index is 0.0329. The van der Waals surface area contributed by atoms with Crippen LogP contribution in [0.5, 0.6) is 0 Å². The maximum Gasteiger partial charge on any atom is 0.256 e. The molecule has 2 heterocycles. The van der Waals surface area contributed by atoms with Gasteiger partial charge in [-0.3, -0.25) is 9.59 Å². The third-order valence-electron chi connectivity index (χ3n) is 4.84. The molecule has 3 aromatic rings. The molecule has 0 saturated carbocycles. The average Bonchev–Trinajstić information content (AvgIpc) is 3.46. The molecule has 1 saturated heterocycles. The number of nitrogens with one attached hydrogen (secondary N) is 1. The number of rotatable bonds is 6. The molecule has 0 bridgehead atoms. The first-order valence-electron chi connectivity index (χ1n) is 9.65. The topological polar surface area (TPSA) is 49.4 Å². The predicted octanol–water partition coefficient (Wildman–Crippen LogP) is 5.53. The molecule has 2 aromatic carbocycles. The van der Waals surface area contributed by atoms with Crippen LogP contribution in [0.4, 0.5) is 5.69 Å². The second kappa shape index (κ2) is 9.29. The maximum atomic E-state index is 12.9. The van der Waals surface area contributed by atoms with Crippen molar-refractivity contribution in [3.05, 3.63) is 82.0 Å². The van der Waals surface area contributed by atoms with E-state index in [2.05, 4.69) is 16.8 Å². The summed E-state index contributed by atoms with van der Waals surface area (Å²) in [5, 5.41) is 5.02. The zero-order valence-corrected chi connectivity index (χ0v) is 17.6. The fraction of sp³-hybridized carbons (Fsp3) is 0.217. The van der Waals surface area contributed by atoms with Gasteiger partial charge >= 0.3 is 0 Å². The van der Waals surface area contributed by atoms with Gasteiger partial charge in [-0.05, 0) is 54.6 Å². The zero-order chi connectivity index (χ0) is 20.1. The summed E-state index contributed by atoms with van der Waals surface area (Å²) >= 11 is 3.37. The van der Waals surface area contributed by atoms with E-state index in [0.29, 0.717) is 16.8 Å². The number of hydrogen-bond acceptors (Lipinski definition) is 4. The molecule has 0 radical (unpaired) electrons. The molecule has 0 atom stereocenters. The van der Waals surface area contributed by atoms with E-state index in [-0.39, 0.29) is 11.8 Å². The smallest absolute Gasteiger partial charge is 0.256 e. The van der Waals surface area contributed by atoms with E-state index in [0.717, 1.165) is 36.6 Å². The van der Waals surface area contributed by atoms with Crippen LogP contribution in [0.25, 0.3) is 0 Å². The molecule has 1 aromatic heterocycles. The second-order valence-electron chi connectivity index (χ2n) is 6.90. The van der Waals surface area contributed by atoms with E-state index in [1.165, 1.54) is 4.88 Å². The van der Waals surface area contributed by atoms with Crippen LogP contribution in [0.3, 0.4) is 0 Å². The van der Waals surface area contributed by atoms with E-state index < -0.39 is 0 Å². The number of thiophene rings is 1. The van der Waals surface area contributed by atoms with E-state index >= 15 is 0 Å². The van der Waals surface area contributed by atoms with Gasteiger partial charge in [0.1, 0.15) is 0 Å². The molecule has 6 heteroatoms. The van der Waals surface area contributed by atoms with Crippen molar-refractivity contribution < 1.29 is 9.59 Å². The fourth-order valence-electron chi connectivity index (χ4n) is 3.35. The molecule has 4 nitrogen and oxygen atoms in total. The van der Waals surface area contributed by atoms with Crippen molar-refractivity contribution in [3.8, 4) is 0 Å². The Bertz CT molecular complexity index is 996. The lowest BCUT2D eigenvalue weighted by Crippen LogP contribution is -2.27. The summed E-state index contributed by atoms with van der Waals surface area (Å²) in [6.07, 6.45) is 2.12. The third kappa shape index (κ3) is 4.89. The number of hydrogen-bond donors (Lipinski definition) is 1. The predicted molar refractivity (Wildman–Crippen MR) is 120 cm³/mol. The highest BCUT2D eigenvalue weighted by Crippen LogP contribution is 2.28. The summed E-state index contributed by atoms with van der Waals surface area (Å²) in [6, 6.07) is 19.0. The summed E-state index contributed by atoms with van der Waals surface area (Å²) in [6.45, 7) is 1.62. The first-order chi connectivity index (χ1) is 14.2. The Kier molecular flexibility index (Phi) is 6.32. The molecule has 1 N–H and O–H groups in total. The first kappa shape index (κ1) is 19.7. The lowest BCUT2D eigenvalue weighted by atomic mass is 10.1. The van der Waals surface area contributed by atoms with Crippen LogP contribution in [-0.4, -0.2) is 29.8 Å². The monoisotopic (exact) mass is 422 g/mol. The Morgan fingerprint density at radius 1 is 1.00 bits per heavy atom. The van der Waals surface area contributed by atoms with E-state index in [1.807, 2.05) is 47.4 Å². The van der Waals surface area contributed by atoms with Gasteiger partial charge in [0.05, 0.1) is 5.56 Å². The van der Waals surface area contributed by atoms with Crippen LogP contribution in [0.2, 0.25) is 0 Å². The van der Waals surface area contributed by atoms with Gasteiger partial charge in [0.25, 0.3) is 11.8 Å². The van der Waals surface area contributed by atoms with Crippen molar-refractivity contribution in [1.29, 1.82) is 0 Å². The quantitative estimate of drug-likeness (QED) is 0.532. The third-order valence-corrected chi connectivity index (χ3v) is 7.02. The Morgan fingerprint density at radius 3 is 2.62 bits per heavy atom. The number of thioether (sulfide) groups is 1. The van der Waals surface area contributed by atoms with Gasteiger partial charge in [-0.1, -0.05) is 24.3 Å². The number of carbonyl (C=O) groups is 2. The lowest BCUT2D eigenvalue weighted by Gasteiger charge is -2.16. The summed E-state index contributed by atoms with van der Waals surface area (Å²) < 4.78 is 0. The van der Waals surface area contributed by atoms with Crippen LogP contribution in [0.1, 0.15) is 38.4 Å². The van der Waals surface area contributed by atoms with Crippen molar-refractivity contribution in [2.75, 3.05) is 18.4 Å². The molecule has 1 aliphatic rings. The number of carbonyl (C=O) groups excluding carboxylic acids is 2. The van der Waals surface area contributed by atoms with E-state index in [9.17, 15) is 9.59 Å². The molecule has 0 unspecified atom stereocenters. The van der Waals surface area contributed by atoms with Crippen LogP contribution < -0.4 is 5.32 Å². The molecule has 1 aliphatic heterocycles. The summed E-state index contributed by atoms with van der Waals surface area (Å²) in [7, 11) is 0. The normalized spacial score (nSPS) is 13.4. The van der Waals surface area contributed by atoms with Gasteiger partial charge in [0, 0.05) is 39.9 Å². The zero-order valence-electron chi connectivity index (χ0n) is 16.0. The first-order valence-corrected chi connectivity index (χ1v) is 11.5. The van der Waals surface area contributed by atoms with E-state index in [1.54, 1.807) is 35.2 Å². The van der Waals surface area contributed by atoms with Crippen molar-refractivity contribution in [1.82, 2.24) is 4.90 Å². The summed E-state index contributed by atoms with van der Waals surface area (Å²) in [5.41, 5.74) is 1.90. The largest absolute Gasteiger partial charge is 0.339 e. The Morgan fingerprint density at radius 2 is 1.83 bits per heavy atom. The van der Waals surface area contributed by atoms with Crippen molar-refractivity contribution in [3.63, 3.8) is 0 Å². The van der Waals surface area contributed by atoms with Crippen LogP contribution >= 0.6 is 23.1 Å². The summed E-state index contributed by atoms with van der Waals surface area (Å²) in [5.74, 6) is 0.706. The molecule has 148 valence electrons. The minimum atomic E-state index is -0.162. The van der Waals surface area contributed by atoms with Crippen molar-refractivity contribution in [2.45, 2.75) is 23.5 Å². The lowest BCUT2D eigenvalue weighted by molar-refractivity contribution is 0.0792. The highest BCUT2D eigenvalue weighted by atomic mass is 32.2. The highest BCUT2D eigenvalue weighted by molar-refractivity contribution is 7.98. The van der Waals surface area contributed by atoms with Gasteiger partial charge in [-0.2, -0.15) is 0 Å². The Hall–Kier alpha value is -2.57. The molecule has 2 amide bonds. The van der Waals surface area contributed by atoms with Crippen LogP contribution in [0, 0.1) is 0 Å².